The highest BCUT2D eigenvalue weighted by Crippen LogP contribution is 2.32. The van der Waals surface area contributed by atoms with Crippen LogP contribution >= 0.6 is 11.6 Å². The zero-order chi connectivity index (χ0) is 17.5. The number of halogens is 5. The molecule has 0 radical (unpaired) electrons. The Kier molecular flexibility index (Phi) is 3.84. The van der Waals surface area contributed by atoms with E-state index in [1.807, 2.05) is 0 Å². The molecule has 0 aliphatic carbocycles. The summed E-state index contributed by atoms with van der Waals surface area (Å²) >= 11 is 5.72. The molecule has 0 bridgehead atoms. The van der Waals surface area contributed by atoms with E-state index in [0.717, 1.165) is 23.0 Å². The smallest absolute Gasteiger partial charge is 0.306 e. The van der Waals surface area contributed by atoms with E-state index in [1.54, 1.807) is 0 Å². The summed E-state index contributed by atoms with van der Waals surface area (Å²) in [5, 5.41) is 6.06. The normalized spacial score (nSPS) is 11.7. The minimum atomic E-state index is -4.71. The average Bonchev–Trinajstić information content (AvgIpc) is 2.99. The molecule has 0 unspecified atom stereocenters. The maximum atomic E-state index is 14.4. The van der Waals surface area contributed by atoms with Crippen LogP contribution in [0.25, 0.3) is 17.1 Å². The van der Waals surface area contributed by atoms with Gasteiger partial charge in [-0.3, -0.25) is 4.79 Å². The van der Waals surface area contributed by atoms with Gasteiger partial charge < -0.3 is 4.98 Å². The van der Waals surface area contributed by atoms with Crippen LogP contribution in [0.2, 0.25) is 5.02 Å². The molecule has 0 saturated carbocycles. The standard InChI is InChI=1S/C13H6ClF4N5O/c14-6-1-2-7(23-5-8(21-22-23)13(16,17)18)10(11(6)15)12-19-4-3-9(24)20-12/h1-5H,(H,19,20,24). The van der Waals surface area contributed by atoms with Crippen LogP contribution in [-0.4, -0.2) is 25.0 Å². The highest BCUT2D eigenvalue weighted by atomic mass is 35.5. The molecule has 0 aliphatic rings. The molecule has 1 aromatic carbocycles. The largest absolute Gasteiger partial charge is 0.436 e. The Morgan fingerprint density at radius 1 is 1.21 bits per heavy atom. The molecule has 0 saturated heterocycles. The van der Waals surface area contributed by atoms with Gasteiger partial charge in [-0.2, -0.15) is 13.2 Å². The van der Waals surface area contributed by atoms with Crippen molar-refractivity contribution < 1.29 is 17.6 Å². The van der Waals surface area contributed by atoms with Gasteiger partial charge >= 0.3 is 6.18 Å². The molecule has 0 aliphatic heterocycles. The molecule has 124 valence electrons. The molecule has 3 rings (SSSR count). The number of hydrogen-bond donors (Lipinski definition) is 1. The van der Waals surface area contributed by atoms with Crippen molar-refractivity contribution in [1.82, 2.24) is 25.0 Å². The van der Waals surface area contributed by atoms with E-state index in [-0.39, 0.29) is 22.1 Å². The second-order valence-corrected chi connectivity index (χ2v) is 4.99. The zero-order valence-corrected chi connectivity index (χ0v) is 12.2. The predicted molar refractivity (Wildman–Crippen MR) is 75.2 cm³/mol. The van der Waals surface area contributed by atoms with Crippen LogP contribution in [0.5, 0.6) is 0 Å². The summed E-state index contributed by atoms with van der Waals surface area (Å²) in [6.45, 7) is 0. The lowest BCUT2D eigenvalue weighted by Gasteiger charge is -2.10. The second kappa shape index (κ2) is 5.71. The van der Waals surface area contributed by atoms with Gasteiger partial charge in [0.1, 0.15) is 5.82 Å². The van der Waals surface area contributed by atoms with Gasteiger partial charge in [0.2, 0.25) is 0 Å². The summed E-state index contributed by atoms with van der Waals surface area (Å²) in [5.74, 6) is -1.17. The number of H-pyrrole nitrogens is 1. The number of hydrogen-bond acceptors (Lipinski definition) is 4. The van der Waals surface area contributed by atoms with Crippen molar-refractivity contribution in [2.45, 2.75) is 6.18 Å². The Hall–Kier alpha value is -2.75. The van der Waals surface area contributed by atoms with Crippen LogP contribution in [0.15, 0.2) is 35.4 Å². The summed E-state index contributed by atoms with van der Waals surface area (Å²) in [5.41, 5.74) is -2.24. The molecule has 2 aromatic heterocycles. The first-order valence-electron chi connectivity index (χ1n) is 6.31. The summed E-state index contributed by atoms with van der Waals surface area (Å²) in [4.78, 5) is 17.5. The number of benzene rings is 1. The summed E-state index contributed by atoms with van der Waals surface area (Å²) in [6, 6.07) is 3.48. The lowest BCUT2D eigenvalue weighted by molar-refractivity contribution is -0.141. The van der Waals surface area contributed by atoms with E-state index in [2.05, 4.69) is 20.3 Å². The second-order valence-electron chi connectivity index (χ2n) is 4.58. The molecule has 6 nitrogen and oxygen atoms in total. The fourth-order valence-electron chi connectivity index (χ4n) is 1.97. The average molecular weight is 360 g/mol. The lowest BCUT2D eigenvalue weighted by Crippen LogP contribution is -2.09. The van der Waals surface area contributed by atoms with Gasteiger partial charge in [-0.05, 0) is 12.1 Å². The van der Waals surface area contributed by atoms with Gasteiger partial charge in [0.05, 0.1) is 22.5 Å². The number of aromatic amines is 1. The van der Waals surface area contributed by atoms with Crippen LogP contribution in [0.1, 0.15) is 5.69 Å². The van der Waals surface area contributed by atoms with E-state index < -0.39 is 23.2 Å². The highest BCUT2D eigenvalue weighted by Gasteiger charge is 2.35. The first-order valence-corrected chi connectivity index (χ1v) is 6.69. The molecule has 11 heteroatoms. The first-order chi connectivity index (χ1) is 11.3. The Morgan fingerprint density at radius 3 is 2.58 bits per heavy atom. The van der Waals surface area contributed by atoms with Crippen molar-refractivity contribution in [3.8, 4) is 17.1 Å². The minimum Gasteiger partial charge on any atom is -0.306 e. The fourth-order valence-corrected chi connectivity index (χ4v) is 2.12. The van der Waals surface area contributed by atoms with Crippen LogP contribution in [-0.2, 0) is 6.18 Å². The third-order valence-electron chi connectivity index (χ3n) is 3.01. The van der Waals surface area contributed by atoms with Crippen molar-refractivity contribution in [3.05, 3.63) is 57.5 Å². The first kappa shape index (κ1) is 16.1. The van der Waals surface area contributed by atoms with Crippen LogP contribution in [0, 0.1) is 5.82 Å². The SMILES string of the molecule is O=c1ccnc(-c2c(-n3cc(C(F)(F)F)nn3)ccc(Cl)c2F)[nH]1. The molecule has 0 amide bonds. The van der Waals surface area contributed by atoms with E-state index in [4.69, 9.17) is 11.6 Å². The zero-order valence-electron chi connectivity index (χ0n) is 11.5. The Balaban J connectivity index is 2.24. The van der Waals surface area contributed by atoms with Gasteiger partial charge in [0.25, 0.3) is 5.56 Å². The molecule has 0 atom stereocenters. The van der Waals surface area contributed by atoms with E-state index in [0.29, 0.717) is 6.20 Å². The number of aromatic nitrogens is 5. The predicted octanol–water partition coefficient (Wildman–Crippen LogP) is 2.83. The number of nitrogens with zero attached hydrogens (tertiary/aromatic N) is 4. The quantitative estimate of drug-likeness (QED) is 0.714. The maximum absolute atomic E-state index is 14.4. The third kappa shape index (κ3) is 2.87. The number of nitrogens with one attached hydrogen (secondary N) is 1. The summed E-state index contributed by atoms with van der Waals surface area (Å²) < 4.78 is 53.2. The highest BCUT2D eigenvalue weighted by molar-refractivity contribution is 6.31. The van der Waals surface area contributed by atoms with Gasteiger partial charge in [0.15, 0.2) is 11.5 Å². The van der Waals surface area contributed by atoms with E-state index >= 15 is 0 Å². The minimum absolute atomic E-state index is 0.116. The summed E-state index contributed by atoms with van der Waals surface area (Å²) in [7, 11) is 0. The van der Waals surface area contributed by atoms with E-state index in [9.17, 15) is 22.4 Å². The molecular formula is C13H6ClF4N5O. The molecule has 24 heavy (non-hydrogen) atoms. The molecule has 2 heterocycles. The molecule has 0 fully saturated rings. The topological polar surface area (TPSA) is 76.5 Å². The Morgan fingerprint density at radius 2 is 1.96 bits per heavy atom. The monoisotopic (exact) mass is 359 g/mol. The number of rotatable bonds is 2. The van der Waals surface area contributed by atoms with Gasteiger partial charge in [-0.1, -0.05) is 16.8 Å². The lowest BCUT2D eigenvalue weighted by atomic mass is 10.1. The summed E-state index contributed by atoms with van der Waals surface area (Å²) in [6.07, 6.45) is -2.99. The molecule has 1 N–H and O–H groups in total. The van der Waals surface area contributed by atoms with Crippen molar-refractivity contribution in [1.29, 1.82) is 0 Å². The molecule has 3 aromatic rings. The van der Waals surface area contributed by atoms with Crippen LogP contribution < -0.4 is 5.56 Å². The maximum Gasteiger partial charge on any atom is 0.436 e. The molecule has 0 spiro atoms. The third-order valence-corrected chi connectivity index (χ3v) is 3.30. The van der Waals surface area contributed by atoms with Crippen molar-refractivity contribution in [2.24, 2.45) is 0 Å². The van der Waals surface area contributed by atoms with Crippen molar-refractivity contribution in [3.63, 3.8) is 0 Å². The van der Waals surface area contributed by atoms with E-state index in [1.165, 1.54) is 6.07 Å². The van der Waals surface area contributed by atoms with Gasteiger partial charge in [-0.25, -0.2) is 14.1 Å². The number of alkyl halides is 3. The molecular weight excluding hydrogens is 354 g/mol. The van der Waals surface area contributed by atoms with Crippen molar-refractivity contribution in [2.75, 3.05) is 0 Å². The van der Waals surface area contributed by atoms with Crippen LogP contribution in [0.3, 0.4) is 0 Å². The fraction of sp³-hybridized carbons (Fsp3) is 0.0769. The van der Waals surface area contributed by atoms with Crippen molar-refractivity contribution >= 4 is 11.6 Å². The Labute approximate surface area is 135 Å². The van der Waals surface area contributed by atoms with Gasteiger partial charge in [0, 0.05) is 12.3 Å². The Bertz CT molecular complexity index is 965. The van der Waals surface area contributed by atoms with Gasteiger partial charge in [-0.15, -0.1) is 5.10 Å². The van der Waals surface area contributed by atoms with Crippen LogP contribution in [0.4, 0.5) is 17.6 Å².